The third kappa shape index (κ3) is 7.76. The molecule has 0 bridgehead atoms. The van der Waals surface area contributed by atoms with E-state index in [2.05, 4.69) is 64.0 Å². The number of aliphatic imine (C=N–C) groups is 1. The number of halogens is 1. The molecule has 0 saturated heterocycles. The molecule has 0 radical (unpaired) electrons. The number of rotatable bonds is 8. The summed E-state index contributed by atoms with van der Waals surface area (Å²) >= 11 is 0. The number of guanidine groups is 1. The minimum Gasteiger partial charge on any atom is -0.378 e. The molecule has 2 rings (SSSR count). The summed E-state index contributed by atoms with van der Waals surface area (Å²) in [6, 6.07) is 10.6. The van der Waals surface area contributed by atoms with E-state index in [-0.39, 0.29) is 24.0 Å². The van der Waals surface area contributed by atoms with E-state index in [0.717, 1.165) is 38.4 Å². The fraction of sp³-hybridized carbons (Fsp3) is 0.444. The van der Waals surface area contributed by atoms with Gasteiger partial charge >= 0.3 is 0 Å². The predicted octanol–water partition coefficient (Wildman–Crippen LogP) is 2.36. The lowest BCUT2D eigenvalue weighted by molar-refractivity contribution is 0.570. The zero-order valence-electron chi connectivity index (χ0n) is 15.3. The van der Waals surface area contributed by atoms with Gasteiger partial charge in [0.2, 0.25) is 0 Å². The van der Waals surface area contributed by atoms with E-state index >= 15 is 0 Å². The fourth-order valence-corrected chi connectivity index (χ4v) is 2.39. The van der Waals surface area contributed by atoms with Crippen molar-refractivity contribution in [2.45, 2.75) is 19.4 Å². The fourth-order valence-electron chi connectivity index (χ4n) is 2.39. The Balaban J connectivity index is 0.00000312. The molecular weight excluding hydrogens is 427 g/mol. The van der Waals surface area contributed by atoms with Crippen molar-refractivity contribution in [1.29, 1.82) is 0 Å². The van der Waals surface area contributed by atoms with Crippen LogP contribution in [0.2, 0.25) is 0 Å². The molecule has 0 saturated carbocycles. The highest BCUT2D eigenvalue weighted by molar-refractivity contribution is 14.0. The molecule has 138 valence electrons. The summed E-state index contributed by atoms with van der Waals surface area (Å²) in [5.41, 5.74) is 2.55. The number of benzene rings is 1. The maximum atomic E-state index is 4.26. The molecule has 0 atom stereocenters. The number of aryl methyl sites for hydroxylation is 1. The molecule has 0 amide bonds. The Morgan fingerprint density at radius 1 is 1.16 bits per heavy atom. The van der Waals surface area contributed by atoms with Crippen LogP contribution in [0.3, 0.4) is 0 Å². The highest BCUT2D eigenvalue weighted by Crippen LogP contribution is 2.12. The van der Waals surface area contributed by atoms with Gasteiger partial charge in [-0.3, -0.25) is 9.67 Å². The number of nitrogens with one attached hydrogen (secondary N) is 2. The first-order chi connectivity index (χ1) is 11.7. The summed E-state index contributed by atoms with van der Waals surface area (Å²) in [7, 11) is 5.91. The van der Waals surface area contributed by atoms with Gasteiger partial charge in [0.1, 0.15) is 0 Å². The van der Waals surface area contributed by atoms with Crippen molar-refractivity contribution in [1.82, 2.24) is 20.4 Å². The highest BCUT2D eigenvalue weighted by Gasteiger charge is 1.99. The van der Waals surface area contributed by atoms with Crippen molar-refractivity contribution in [3.8, 4) is 0 Å². The molecule has 6 nitrogen and oxygen atoms in total. The summed E-state index contributed by atoms with van der Waals surface area (Å²) in [6.07, 6.45) is 5.77. The van der Waals surface area contributed by atoms with Gasteiger partial charge in [-0.15, -0.1) is 24.0 Å². The Hall–Kier alpha value is -1.77. The zero-order valence-corrected chi connectivity index (χ0v) is 17.6. The van der Waals surface area contributed by atoms with Crippen molar-refractivity contribution >= 4 is 35.6 Å². The lowest BCUT2D eigenvalue weighted by Gasteiger charge is -2.14. The van der Waals surface area contributed by atoms with Crippen molar-refractivity contribution < 1.29 is 0 Å². The van der Waals surface area contributed by atoms with Gasteiger partial charge in [-0.1, -0.05) is 12.1 Å². The third-order valence-corrected chi connectivity index (χ3v) is 3.80. The molecule has 7 heteroatoms. The Kier molecular flexibility index (Phi) is 9.98. The van der Waals surface area contributed by atoms with Crippen LogP contribution in [-0.2, 0) is 13.0 Å². The SMILES string of the molecule is CN=C(NCCCn1cccn1)NCCc1ccc(N(C)C)cc1.I. The van der Waals surface area contributed by atoms with Gasteiger partial charge in [0.05, 0.1) is 0 Å². The average molecular weight is 456 g/mol. The summed E-state index contributed by atoms with van der Waals surface area (Å²) < 4.78 is 1.94. The molecule has 0 aliphatic carbocycles. The number of anilines is 1. The van der Waals surface area contributed by atoms with Crippen LogP contribution in [0.5, 0.6) is 0 Å². The van der Waals surface area contributed by atoms with Gasteiger partial charge in [-0.05, 0) is 36.6 Å². The van der Waals surface area contributed by atoms with Gasteiger partial charge in [0, 0.05) is 58.9 Å². The van der Waals surface area contributed by atoms with E-state index in [9.17, 15) is 0 Å². The van der Waals surface area contributed by atoms with E-state index in [0.29, 0.717) is 0 Å². The number of nitrogens with zero attached hydrogens (tertiary/aromatic N) is 4. The zero-order chi connectivity index (χ0) is 17.2. The lowest BCUT2D eigenvalue weighted by Crippen LogP contribution is -2.39. The van der Waals surface area contributed by atoms with E-state index in [1.54, 1.807) is 13.2 Å². The molecule has 1 aromatic heterocycles. The van der Waals surface area contributed by atoms with Crippen LogP contribution >= 0.6 is 24.0 Å². The average Bonchev–Trinajstić information content (AvgIpc) is 3.11. The van der Waals surface area contributed by atoms with Crippen LogP contribution in [0.1, 0.15) is 12.0 Å². The first-order valence-electron chi connectivity index (χ1n) is 8.37. The molecule has 0 spiro atoms. The Morgan fingerprint density at radius 2 is 1.88 bits per heavy atom. The minimum absolute atomic E-state index is 0. The summed E-state index contributed by atoms with van der Waals surface area (Å²) in [6.45, 7) is 2.65. The van der Waals surface area contributed by atoms with Gasteiger partial charge in [0.15, 0.2) is 5.96 Å². The van der Waals surface area contributed by atoms with Crippen LogP contribution in [0.15, 0.2) is 47.7 Å². The normalized spacial score (nSPS) is 10.9. The highest BCUT2D eigenvalue weighted by atomic mass is 127. The summed E-state index contributed by atoms with van der Waals surface area (Å²) in [4.78, 5) is 6.36. The van der Waals surface area contributed by atoms with E-state index in [1.807, 2.05) is 16.9 Å². The quantitative estimate of drug-likeness (QED) is 0.277. The minimum atomic E-state index is 0. The molecular formula is C18H29IN6. The Bertz CT molecular complexity index is 607. The molecule has 25 heavy (non-hydrogen) atoms. The second kappa shape index (κ2) is 11.7. The number of hydrogen-bond acceptors (Lipinski definition) is 3. The van der Waals surface area contributed by atoms with Crippen molar-refractivity contribution in [2.75, 3.05) is 39.1 Å². The summed E-state index contributed by atoms with van der Waals surface area (Å²) in [5.74, 6) is 0.848. The predicted molar refractivity (Wildman–Crippen MR) is 116 cm³/mol. The lowest BCUT2D eigenvalue weighted by atomic mass is 10.1. The first-order valence-corrected chi connectivity index (χ1v) is 8.37. The molecule has 1 heterocycles. The molecule has 0 aliphatic rings. The van der Waals surface area contributed by atoms with Gasteiger partial charge < -0.3 is 15.5 Å². The van der Waals surface area contributed by atoms with E-state index < -0.39 is 0 Å². The first kappa shape index (κ1) is 21.3. The van der Waals surface area contributed by atoms with Crippen LogP contribution in [0.4, 0.5) is 5.69 Å². The topological polar surface area (TPSA) is 57.5 Å². The second-order valence-corrected chi connectivity index (χ2v) is 5.86. The van der Waals surface area contributed by atoms with Gasteiger partial charge in [-0.25, -0.2) is 0 Å². The molecule has 0 aliphatic heterocycles. The van der Waals surface area contributed by atoms with Crippen LogP contribution in [0, 0.1) is 0 Å². The summed E-state index contributed by atoms with van der Waals surface area (Å²) in [5, 5.41) is 10.9. The van der Waals surface area contributed by atoms with Gasteiger partial charge in [0.25, 0.3) is 0 Å². The standard InChI is InChI=1S/C18H28N6.HI/c1-19-18(20-11-4-14-24-15-5-12-22-24)21-13-10-16-6-8-17(9-7-16)23(2)3;/h5-9,12,15H,4,10-11,13-14H2,1-3H3,(H2,19,20,21);1H. The molecule has 2 N–H and O–H groups in total. The number of aromatic nitrogens is 2. The van der Waals surface area contributed by atoms with Gasteiger partial charge in [-0.2, -0.15) is 5.10 Å². The van der Waals surface area contributed by atoms with E-state index in [1.165, 1.54) is 11.3 Å². The molecule has 0 unspecified atom stereocenters. The maximum Gasteiger partial charge on any atom is 0.190 e. The van der Waals surface area contributed by atoms with Crippen LogP contribution in [0.25, 0.3) is 0 Å². The largest absolute Gasteiger partial charge is 0.378 e. The molecule has 1 aromatic carbocycles. The van der Waals surface area contributed by atoms with E-state index in [4.69, 9.17) is 0 Å². The second-order valence-electron chi connectivity index (χ2n) is 5.86. The van der Waals surface area contributed by atoms with Crippen molar-refractivity contribution in [3.05, 3.63) is 48.3 Å². The Labute approximate surface area is 167 Å². The van der Waals surface area contributed by atoms with Crippen LogP contribution in [-0.4, -0.2) is 50.0 Å². The number of hydrogen-bond donors (Lipinski definition) is 2. The van der Waals surface area contributed by atoms with Crippen LogP contribution < -0.4 is 15.5 Å². The third-order valence-electron chi connectivity index (χ3n) is 3.80. The Morgan fingerprint density at radius 3 is 2.48 bits per heavy atom. The molecule has 0 fully saturated rings. The molecule has 2 aromatic rings. The monoisotopic (exact) mass is 456 g/mol. The van der Waals surface area contributed by atoms with Crippen molar-refractivity contribution in [3.63, 3.8) is 0 Å². The smallest absolute Gasteiger partial charge is 0.190 e. The van der Waals surface area contributed by atoms with Crippen molar-refractivity contribution in [2.24, 2.45) is 4.99 Å². The maximum absolute atomic E-state index is 4.26.